The minimum Gasteiger partial charge on any atom is -0.413 e. The Labute approximate surface area is 573 Å². The van der Waals surface area contributed by atoms with E-state index in [0.29, 0.717) is 81.5 Å². The molecule has 20 nitrogen and oxygen atoms in total. The van der Waals surface area contributed by atoms with Gasteiger partial charge in [0.1, 0.15) is 17.5 Å². The number of cyclic esters (lactones) is 1. The number of rotatable bonds is 7. The van der Waals surface area contributed by atoms with E-state index in [1.807, 2.05) is 37.3 Å². The molecule has 0 saturated carbocycles. The van der Waals surface area contributed by atoms with Gasteiger partial charge >= 0.3 is 51.5 Å². The van der Waals surface area contributed by atoms with E-state index in [0.717, 1.165) is 12.0 Å². The molecule has 14 rings (SSSR count). The molecular weight excluding hydrogens is 1390 g/mol. The maximum absolute atomic E-state index is 12.9. The molecule has 2 N–H and O–H groups in total. The van der Waals surface area contributed by atoms with Crippen LogP contribution in [0.1, 0.15) is 39.5 Å². The average Bonchev–Trinajstić information content (AvgIpc) is 0.818. The molecule has 0 radical (unpaired) electrons. The number of aromatic amines is 1. The third kappa shape index (κ3) is 18.2. The molecule has 1 aliphatic rings. The van der Waals surface area contributed by atoms with Crippen LogP contribution in [0.25, 0.3) is 43.6 Å². The van der Waals surface area contributed by atoms with Crippen molar-refractivity contribution >= 4 is 113 Å². The van der Waals surface area contributed by atoms with Gasteiger partial charge in [-0.25, -0.2) is 56.3 Å². The van der Waals surface area contributed by atoms with Gasteiger partial charge < -0.3 is 32.4 Å². The summed E-state index contributed by atoms with van der Waals surface area (Å²) in [5.41, 5.74) is 3.49. The first-order chi connectivity index (χ1) is 46.8. The lowest BCUT2D eigenvalue weighted by Gasteiger charge is -2.31. The third-order valence-corrected chi connectivity index (χ3v) is 15.5. The van der Waals surface area contributed by atoms with Crippen molar-refractivity contribution in [1.82, 2.24) is 18.7 Å². The van der Waals surface area contributed by atoms with E-state index >= 15 is 0 Å². The fourth-order valence-corrected chi connectivity index (χ4v) is 10.3. The standard InChI is InChI=1S/2C15H9ClFNO3.C15H10ClNO3.C9H8ClNO3.C8H4ClNO3.C8H9F/c2*16-10-3-6-13-12(7-10)14(19)21-15(20)18(13)8-9-1-4-11(17)5-2-9;16-11-6-7-13-12(8-11)14(18)20-15(19)17(13)9-10-4-2-1-3-5-10;1-11-7-3-2-5(10)4-6(7)8(12)14-9(11)13;9-4-1-2-6-5(3-4)7(11)13-8(12)10-6;1-2-7-3-5-8(9)6-4-7/h2*1-7H,8H2;1-8H,9H2;2-4,9,13H,1H3;1-3H,(H,10,12);3-6H,2H2,1H3. The van der Waals surface area contributed by atoms with Gasteiger partial charge in [-0.3, -0.25) is 18.7 Å². The van der Waals surface area contributed by atoms with Crippen molar-refractivity contribution in [1.29, 1.82) is 0 Å². The molecule has 500 valence electrons. The number of nitrogens with zero attached hydrogens (tertiary/aromatic N) is 4. The fraction of sp³-hybridized carbons (Fsp3) is 0.100. The Morgan fingerprint density at radius 1 is 0.418 bits per heavy atom. The maximum Gasteiger partial charge on any atom is 0.422 e. The Morgan fingerprint density at radius 2 is 0.765 bits per heavy atom. The second-order valence-electron chi connectivity index (χ2n) is 20.9. The van der Waals surface area contributed by atoms with Crippen molar-refractivity contribution in [2.24, 2.45) is 0 Å². The number of halogens is 8. The normalized spacial score (nSPS) is 12.1. The summed E-state index contributed by atoms with van der Waals surface area (Å²) in [6.07, 6.45) is -0.253. The first kappa shape index (κ1) is 71.5. The number of anilines is 1. The van der Waals surface area contributed by atoms with Crippen molar-refractivity contribution in [3.05, 3.63) is 348 Å². The first-order valence-corrected chi connectivity index (χ1v) is 30.7. The monoisotopic (exact) mass is 1430 g/mol. The molecular formula is C70H49Cl5F3N5O15. The van der Waals surface area contributed by atoms with Crippen molar-refractivity contribution in [3.8, 4) is 0 Å². The van der Waals surface area contributed by atoms with Gasteiger partial charge in [-0.1, -0.05) is 132 Å². The number of fused-ring (bicyclic) bond motifs is 5. The van der Waals surface area contributed by atoms with Crippen molar-refractivity contribution in [3.63, 3.8) is 0 Å². The van der Waals surface area contributed by atoms with E-state index in [-0.39, 0.29) is 46.7 Å². The summed E-state index contributed by atoms with van der Waals surface area (Å²) >= 11 is 29.0. The molecule has 5 heterocycles. The molecule has 9 aromatic carbocycles. The van der Waals surface area contributed by atoms with Gasteiger partial charge in [-0.05, 0) is 156 Å². The van der Waals surface area contributed by atoms with Gasteiger partial charge in [0.2, 0.25) is 0 Å². The number of hydrogen-bond donors (Lipinski definition) is 2. The van der Waals surface area contributed by atoms with Crippen LogP contribution in [0, 0.1) is 17.5 Å². The lowest BCUT2D eigenvalue weighted by molar-refractivity contribution is -0.0669. The van der Waals surface area contributed by atoms with E-state index in [2.05, 4.69) is 14.1 Å². The van der Waals surface area contributed by atoms with Gasteiger partial charge in [-0.2, -0.15) is 0 Å². The van der Waals surface area contributed by atoms with E-state index in [1.165, 1.54) is 90.9 Å². The molecule has 1 aliphatic heterocycles. The molecule has 0 fully saturated rings. The second-order valence-corrected chi connectivity index (χ2v) is 23.1. The Kier molecular flexibility index (Phi) is 23.6. The predicted octanol–water partition coefficient (Wildman–Crippen LogP) is 13.0. The summed E-state index contributed by atoms with van der Waals surface area (Å²) < 4.78 is 65.2. The Balaban J connectivity index is 0.000000140. The third-order valence-electron chi connectivity index (χ3n) is 14.3. The Bertz CT molecular complexity index is 5430. The molecule has 0 spiro atoms. The van der Waals surface area contributed by atoms with Crippen LogP contribution in [-0.4, -0.2) is 43.2 Å². The van der Waals surface area contributed by atoms with E-state index in [1.54, 1.807) is 104 Å². The summed E-state index contributed by atoms with van der Waals surface area (Å²) in [6.45, 7) is 2.72. The van der Waals surface area contributed by atoms with Crippen LogP contribution >= 0.6 is 58.0 Å². The van der Waals surface area contributed by atoms with Crippen LogP contribution in [0.4, 0.5) is 18.9 Å². The minimum atomic E-state index is -1.23. The summed E-state index contributed by atoms with van der Waals surface area (Å²) in [5.74, 6) is -4.41. The number of carbonyl (C=O) groups excluding carboxylic acids is 1. The second kappa shape index (κ2) is 32.3. The Hall–Kier alpha value is -10.8. The molecule has 0 saturated heterocycles. The quantitative estimate of drug-likeness (QED) is 0.140. The largest absolute Gasteiger partial charge is 0.422 e. The number of benzene rings is 9. The van der Waals surface area contributed by atoms with E-state index in [4.69, 9.17) is 71.3 Å². The van der Waals surface area contributed by atoms with Gasteiger partial charge in [-0.15, -0.1) is 0 Å². The number of hydrogen-bond acceptors (Lipinski definition) is 16. The number of aliphatic hydroxyl groups is 1. The topological polar surface area (TPSA) is 269 Å². The molecule has 1 atom stereocenters. The van der Waals surface area contributed by atoms with Crippen LogP contribution < -0.4 is 50.4 Å². The van der Waals surface area contributed by atoms with Crippen molar-refractivity contribution < 1.29 is 45.5 Å². The van der Waals surface area contributed by atoms with Gasteiger partial charge in [0.15, 0.2) is 0 Å². The predicted molar refractivity (Wildman–Crippen MR) is 367 cm³/mol. The van der Waals surface area contributed by atoms with Gasteiger partial charge in [0, 0.05) is 32.2 Å². The summed E-state index contributed by atoms with van der Waals surface area (Å²) in [6, 6.07) is 51.0. The van der Waals surface area contributed by atoms with Gasteiger partial charge in [0.05, 0.1) is 74.5 Å². The molecule has 4 aromatic heterocycles. The highest BCUT2D eigenvalue weighted by Crippen LogP contribution is 2.30. The molecule has 98 heavy (non-hydrogen) atoms. The lowest BCUT2D eigenvalue weighted by Crippen LogP contribution is -2.40. The molecule has 1 unspecified atom stereocenters. The summed E-state index contributed by atoms with van der Waals surface area (Å²) in [4.78, 5) is 108. The molecule has 0 bridgehead atoms. The zero-order valence-corrected chi connectivity index (χ0v) is 54.6. The number of aliphatic hydroxyl groups excluding tert-OH is 1. The minimum absolute atomic E-state index is 0.160. The smallest absolute Gasteiger partial charge is 0.413 e. The highest BCUT2D eigenvalue weighted by molar-refractivity contribution is 6.32. The van der Waals surface area contributed by atoms with E-state index < -0.39 is 57.9 Å². The zero-order chi connectivity index (χ0) is 70.5. The van der Waals surface area contributed by atoms with E-state index in [9.17, 15) is 61.4 Å². The lowest BCUT2D eigenvalue weighted by atomic mass is 10.1. The number of nitrogens with one attached hydrogen (secondary N) is 1. The number of aromatic nitrogens is 4. The molecule has 0 amide bonds. The number of carbonyl (C=O) groups is 1. The van der Waals surface area contributed by atoms with Crippen LogP contribution in [-0.2, 0) is 30.8 Å². The fourth-order valence-electron chi connectivity index (χ4n) is 9.47. The number of H-pyrrole nitrogens is 1. The molecule has 28 heteroatoms. The van der Waals surface area contributed by atoms with Gasteiger partial charge in [0.25, 0.3) is 6.41 Å². The van der Waals surface area contributed by atoms with Crippen LogP contribution in [0.2, 0.25) is 25.1 Å². The SMILES string of the molecule is CCc1ccc(F)cc1.CN1c2ccc(Cl)cc2C(=O)OC1O.O=c1[nH]c2ccc(Cl)cc2c(=O)o1.O=c1oc(=O)n(Cc2ccc(F)cc2)c2ccc(Cl)cc12.O=c1oc(=O)n(Cc2ccc(F)cc2)c2ccc(Cl)cc12.O=c1oc(=O)n(Cc2ccccc2)c2ccc(Cl)cc12. The van der Waals surface area contributed by atoms with Crippen molar-refractivity contribution in [2.45, 2.75) is 39.4 Å². The van der Waals surface area contributed by atoms with Crippen LogP contribution in [0.3, 0.4) is 0 Å². The van der Waals surface area contributed by atoms with Crippen LogP contribution in [0.15, 0.2) is 250 Å². The Morgan fingerprint density at radius 3 is 1.17 bits per heavy atom. The first-order valence-electron chi connectivity index (χ1n) is 28.8. The zero-order valence-electron chi connectivity index (χ0n) is 50.9. The summed E-state index contributed by atoms with van der Waals surface area (Å²) in [7, 11) is 1.63. The average molecular weight is 1430 g/mol. The molecule has 13 aromatic rings. The maximum atomic E-state index is 12.9. The highest BCUT2D eigenvalue weighted by Gasteiger charge is 2.29. The number of aryl methyl sites for hydroxylation is 1. The summed E-state index contributed by atoms with van der Waals surface area (Å²) in [5, 5.41) is 12.4. The number of esters is 1. The highest BCUT2D eigenvalue weighted by atomic mass is 35.5. The van der Waals surface area contributed by atoms with Crippen LogP contribution in [0.5, 0.6) is 0 Å². The van der Waals surface area contributed by atoms with Crippen molar-refractivity contribution in [2.75, 3.05) is 11.9 Å². The molecule has 0 aliphatic carbocycles. The number of ether oxygens (including phenoxy) is 1.